The molecule has 1 N–H and O–H groups in total. The lowest BCUT2D eigenvalue weighted by Crippen LogP contribution is -2.31. The highest BCUT2D eigenvalue weighted by Crippen LogP contribution is 2.37. The number of fused-ring (bicyclic) bond motifs is 4. The van der Waals surface area contributed by atoms with Crippen molar-refractivity contribution in [3.8, 4) is 0 Å². The highest BCUT2D eigenvalue weighted by molar-refractivity contribution is 7.99. The van der Waals surface area contributed by atoms with Gasteiger partial charge >= 0.3 is 0 Å². The molecular weight excluding hydrogens is 332 g/mol. The zero-order chi connectivity index (χ0) is 16.2. The molecule has 0 amide bonds. The molecule has 4 heterocycles. The number of H-pyrrole nitrogens is 1. The van der Waals surface area contributed by atoms with E-state index in [1.54, 1.807) is 10.5 Å². The quantitative estimate of drug-likeness (QED) is 0.582. The first-order valence-electron chi connectivity index (χ1n) is 7.29. The van der Waals surface area contributed by atoms with Crippen LogP contribution in [0.3, 0.4) is 0 Å². The third-order valence-electron chi connectivity index (χ3n) is 3.88. The Hall–Kier alpha value is -1.64. The van der Waals surface area contributed by atoms with Gasteiger partial charge in [-0.05, 0) is 19.4 Å². The molecular formula is C15H16N4O2S2. The predicted octanol–water partition coefficient (Wildman–Crippen LogP) is 2.76. The van der Waals surface area contributed by atoms with Gasteiger partial charge in [0.1, 0.15) is 4.83 Å². The van der Waals surface area contributed by atoms with Crippen molar-refractivity contribution in [1.29, 1.82) is 0 Å². The van der Waals surface area contributed by atoms with Crippen LogP contribution >= 0.6 is 23.1 Å². The molecule has 4 rings (SSSR count). The normalized spacial score (nSPS) is 16.8. The van der Waals surface area contributed by atoms with Gasteiger partial charge in [-0.25, -0.2) is 14.5 Å². The maximum Gasteiger partial charge on any atom is 0.270 e. The number of rotatable bonds is 3. The van der Waals surface area contributed by atoms with Gasteiger partial charge in [0.15, 0.2) is 5.16 Å². The minimum Gasteiger partial charge on any atom is -0.370 e. The first-order valence-corrected chi connectivity index (χ1v) is 9.09. The molecule has 3 aromatic rings. The number of nitrogens with zero attached hydrogens (tertiary/aromatic N) is 3. The molecule has 0 saturated heterocycles. The second-order valence-corrected chi connectivity index (χ2v) is 8.16. The molecule has 1 aliphatic rings. The van der Waals surface area contributed by atoms with E-state index in [4.69, 9.17) is 4.74 Å². The lowest BCUT2D eigenvalue weighted by molar-refractivity contribution is -0.0379. The largest absolute Gasteiger partial charge is 0.370 e. The number of thioether (sulfide) groups is 1. The van der Waals surface area contributed by atoms with Crippen LogP contribution in [-0.4, -0.2) is 30.9 Å². The second-order valence-electron chi connectivity index (χ2n) is 6.09. The predicted molar refractivity (Wildman–Crippen MR) is 92.5 cm³/mol. The zero-order valence-electron chi connectivity index (χ0n) is 12.9. The highest BCUT2D eigenvalue weighted by Gasteiger charge is 2.31. The summed E-state index contributed by atoms with van der Waals surface area (Å²) in [4.78, 5) is 19.5. The van der Waals surface area contributed by atoms with Crippen molar-refractivity contribution < 1.29 is 4.74 Å². The summed E-state index contributed by atoms with van der Waals surface area (Å²) in [7, 11) is 0. The number of aromatic amines is 1. The van der Waals surface area contributed by atoms with Crippen molar-refractivity contribution >= 4 is 39.1 Å². The van der Waals surface area contributed by atoms with Crippen molar-refractivity contribution in [2.75, 3.05) is 5.75 Å². The van der Waals surface area contributed by atoms with E-state index in [1.165, 1.54) is 23.1 Å². The Morgan fingerprint density at radius 2 is 2.39 bits per heavy atom. The van der Waals surface area contributed by atoms with Gasteiger partial charge in [0.2, 0.25) is 5.78 Å². The molecule has 23 heavy (non-hydrogen) atoms. The molecule has 0 aliphatic carbocycles. The summed E-state index contributed by atoms with van der Waals surface area (Å²) in [5.41, 5.74) is 0.763. The fraction of sp³-hybridized carbons (Fsp3) is 0.400. The van der Waals surface area contributed by atoms with Crippen LogP contribution in [0.1, 0.15) is 24.3 Å². The number of nitrogens with one attached hydrogen (secondary N) is 1. The van der Waals surface area contributed by atoms with Crippen molar-refractivity contribution in [3.63, 3.8) is 0 Å². The fourth-order valence-electron chi connectivity index (χ4n) is 2.82. The molecule has 0 unspecified atom stereocenters. The van der Waals surface area contributed by atoms with E-state index in [9.17, 15) is 4.79 Å². The molecule has 0 atom stereocenters. The number of aromatic nitrogens is 4. The van der Waals surface area contributed by atoms with E-state index in [-0.39, 0.29) is 11.2 Å². The lowest BCUT2D eigenvalue weighted by Gasteiger charge is -2.29. The summed E-state index contributed by atoms with van der Waals surface area (Å²) in [6.45, 7) is 8.34. The Labute approximate surface area is 140 Å². The monoisotopic (exact) mass is 348 g/mol. The zero-order valence-corrected chi connectivity index (χ0v) is 14.5. The summed E-state index contributed by atoms with van der Waals surface area (Å²) < 4.78 is 7.42. The van der Waals surface area contributed by atoms with Gasteiger partial charge in [0.05, 0.1) is 17.6 Å². The first-order chi connectivity index (χ1) is 11.0. The molecule has 120 valence electrons. The molecule has 0 radical (unpaired) electrons. The van der Waals surface area contributed by atoms with Crippen LogP contribution in [0.2, 0.25) is 0 Å². The van der Waals surface area contributed by atoms with Crippen LogP contribution < -0.4 is 5.56 Å². The average molecular weight is 348 g/mol. The van der Waals surface area contributed by atoms with E-state index in [0.29, 0.717) is 28.7 Å². The Balaban J connectivity index is 1.99. The van der Waals surface area contributed by atoms with Crippen LogP contribution in [0.15, 0.2) is 22.6 Å². The van der Waals surface area contributed by atoms with Crippen LogP contribution in [0.4, 0.5) is 0 Å². The summed E-state index contributed by atoms with van der Waals surface area (Å²) in [6.07, 6.45) is 2.51. The van der Waals surface area contributed by atoms with E-state index in [0.717, 1.165) is 21.7 Å². The van der Waals surface area contributed by atoms with Gasteiger partial charge in [-0.3, -0.25) is 4.79 Å². The Kier molecular flexibility index (Phi) is 3.36. The van der Waals surface area contributed by atoms with E-state index < -0.39 is 0 Å². The standard InChI is InChI=1S/C15H16N4O2S2/c1-4-5-22-14-18-17-13-16-11-10(12(20)19(13)14)8-6-15(2,3)21-7-9(8)23-11/h4H,1,5-7H2,2-3H3,(H,16,17). The van der Waals surface area contributed by atoms with Crippen molar-refractivity contribution in [1.82, 2.24) is 19.6 Å². The van der Waals surface area contributed by atoms with E-state index >= 15 is 0 Å². The highest BCUT2D eigenvalue weighted by atomic mass is 32.2. The molecule has 3 aromatic heterocycles. The summed E-state index contributed by atoms with van der Waals surface area (Å²) in [5, 5.41) is 8.38. The van der Waals surface area contributed by atoms with Gasteiger partial charge in [0, 0.05) is 17.1 Å². The van der Waals surface area contributed by atoms with Crippen molar-refractivity contribution in [2.24, 2.45) is 0 Å². The smallest absolute Gasteiger partial charge is 0.270 e. The molecule has 0 aromatic carbocycles. The van der Waals surface area contributed by atoms with Gasteiger partial charge in [-0.1, -0.05) is 17.8 Å². The van der Waals surface area contributed by atoms with Gasteiger partial charge in [-0.15, -0.1) is 23.0 Å². The summed E-state index contributed by atoms with van der Waals surface area (Å²) in [5.74, 6) is 1.17. The fourth-order valence-corrected chi connectivity index (χ4v) is 4.59. The van der Waals surface area contributed by atoms with Crippen LogP contribution in [0.5, 0.6) is 0 Å². The minimum absolute atomic E-state index is 0.0551. The maximum absolute atomic E-state index is 13.1. The Morgan fingerprint density at radius 3 is 3.17 bits per heavy atom. The molecule has 8 heteroatoms. The SMILES string of the molecule is C=CCSc1n[nH]c2nc3sc4c(c3c(=O)n12)CC(C)(C)OC4. The lowest BCUT2D eigenvalue weighted by atomic mass is 9.94. The minimum atomic E-state index is -0.260. The molecule has 0 spiro atoms. The number of thiophene rings is 1. The maximum atomic E-state index is 13.1. The third-order valence-corrected chi connectivity index (χ3v) is 5.91. The average Bonchev–Trinajstić information content (AvgIpc) is 3.05. The number of hydrogen-bond donors (Lipinski definition) is 1. The third kappa shape index (κ3) is 2.32. The molecule has 0 saturated carbocycles. The number of hydrogen-bond acceptors (Lipinski definition) is 6. The van der Waals surface area contributed by atoms with Crippen LogP contribution in [-0.2, 0) is 17.8 Å². The van der Waals surface area contributed by atoms with Gasteiger partial charge in [0.25, 0.3) is 5.56 Å². The molecule has 1 aliphatic heterocycles. The molecule has 6 nitrogen and oxygen atoms in total. The number of ether oxygens (including phenoxy) is 1. The Bertz CT molecular complexity index is 983. The first kappa shape index (κ1) is 14.9. The summed E-state index contributed by atoms with van der Waals surface area (Å²) in [6, 6.07) is 0. The van der Waals surface area contributed by atoms with Crippen LogP contribution in [0.25, 0.3) is 16.0 Å². The summed E-state index contributed by atoms with van der Waals surface area (Å²) >= 11 is 3.00. The van der Waals surface area contributed by atoms with Crippen molar-refractivity contribution in [3.05, 3.63) is 33.4 Å². The second kappa shape index (κ2) is 5.19. The van der Waals surface area contributed by atoms with Crippen LogP contribution in [0, 0.1) is 0 Å². The van der Waals surface area contributed by atoms with E-state index in [2.05, 4.69) is 21.8 Å². The van der Waals surface area contributed by atoms with Crippen molar-refractivity contribution in [2.45, 2.75) is 37.6 Å². The van der Waals surface area contributed by atoms with E-state index in [1.807, 2.05) is 13.8 Å². The van der Waals surface area contributed by atoms with Gasteiger partial charge < -0.3 is 4.74 Å². The molecule has 0 fully saturated rings. The van der Waals surface area contributed by atoms with Gasteiger partial charge in [-0.2, -0.15) is 0 Å². The molecule has 0 bridgehead atoms. The Morgan fingerprint density at radius 1 is 1.57 bits per heavy atom. The topological polar surface area (TPSA) is 72.3 Å².